The Morgan fingerprint density at radius 1 is 1.19 bits per heavy atom. The number of guanidine groups is 1. The third-order valence-electron chi connectivity index (χ3n) is 4.90. The molecular weight excluding hydrogens is 539 g/mol. The van der Waals surface area contributed by atoms with Crippen LogP contribution in [0.1, 0.15) is 16.5 Å². The molecule has 0 aliphatic rings. The maximum atomic E-state index is 5.87. The molecule has 1 aromatic carbocycles. The molecule has 0 unspecified atom stereocenters. The Morgan fingerprint density at radius 2 is 1.94 bits per heavy atom. The van der Waals surface area contributed by atoms with Gasteiger partial charge in [-0.3, -0.25) is 0 Å². The Morgan fingerprint density at radius 3 is 2.56 bits per heavy atom. The van der Waals surface area contributed by atoms with E-state index < -0.39 is 0 Å². The van der Waals surface area contributed by atoms with Crippen LogP contribution >= 0.6 is 35.3 Å². The fraction of sp³-hybridized carbons (Fsp3) is 0.409. The topological polar surface area (TPSA) is 76.8 Å². The van der Waals surface area contributed by atoms with E-state index in [1.54, 1.807) is 18.4 Å². The van der Waals surface area contributed by atoms with E-state index in [0.717, 1.165) is 42.1 Å². The van der Waals surface area contributed by atoms with Crippen molar-refractivity contribution in [1.82, 2.24) is 25.0 Å². The number of aliphatic imine (C=N–C) groups is 1. The second-order valence-electron chi connectivity index (χ2n) is 7.06. The summed E-state index contributed by atoms with van der Waals surface area (Å²) >= 11 is 1.77. The molecule has 2 aromatic heterocycles. The first kappa shape index (κ1) is 25.9. The van der Waals surface area contributed by atoms with Crippen molar-refractivity contribution in [2.75, 3.05) is 33.9 Å². The maximum absolute atomic E-state index is 5.87. The highest BCUT2D eigenvalue weighted by atomic mass is 127. The van der Waals surface area contributed by atoms with Crippen LogP contribution in [0.4, 0.5) is 0 Å². The number of thiophene rings is 1. The molecule has 32 heavy (non-hydrogen) atoms. The zero-order chi connectivity index (χ0) is 22.1. The van der Waals surface area contributed by atoms with Crippen LogP contribution in [-0.2, 0) is 20.0 Å². The molecular formula is C22H31IN6O2S. The van der Waals surface area contributed by atoms with E-state index in [1.807, 2.05) is 49.9 Å². The van der Waals surface area contributed by atoms with Crippen molar-refractivity contribution in [3.05, 3.63) is 58.3 Å². The van der Waals surface area contributed by atoms with Gasteiger partial charge in [0.05, 0.1) is 13.7 Å². The molecule has 8 nitrogen and oxygen atoms in total. The SMILES string of the molecule is COc1ccc(OCCN(C)C(=NCc2nnc(C)n2C)NCCc2cccs2)cc1.I. The summed E-state index contributed by atoms with van der Waals surface area (Å²) in [4.78, 5) is 8.19. The van der Waals surface area contributed by atoms with Crippen molar-refractivity contribution < 1.29 is 9.47 Å². The number of aryl methyl sites for hydroxylation is 1. The smallest absolute Gasteiger partial charge is 0.194 e. The van der Waals surface area contributed by atoms with Gasteiger partial charge in [-0.2, -0.15) is 0 Å². The lowest BCUT2D eigenvalue weighted by Gasteiger charge is -2.22. The number of nitrogens with zero attached hydrogens (tertiary/aromatic N) is 5. The van der Waals surface area contributed by atoms with E-state index in [2.05, 4.69) is 37.9 Å². The minimum atomic E-state index is 0. The molecule has 0 bridgehead atoms. The highest BCUT2D eigenvalue weighted by Gasteiger charge is 2.09. The van der Waals surface area contributed by atoms with Gasteiger partial charge in [0.25, 0.3) is 0 Å². The normalized spacial score (nSPS) is 11.1. The predicted molar refractivity (Wildman–Crippen MR) is 139 cm³/mol. The lowest BCUT2D eigenvalue weighted by molar-refractivity contribution is 0.281. The summed E-state index contributed by atoms with van der Waals surface area (Å²) in [7, 11) is 5.62. The summed E-state index contributed by atoms with van der Waals surface area (Å²) in [5.74, 6) is 4.15. The first-order valence-corrected chi connectivity index (χ1v) is 11.1. The van der Waals surface area contributed by atoms with Gasteiger partial charge in [-0.15, -0.1) is 45.5 Å². The fourth-order valence-corrected chi connectivity index (χ4v) is 3.59. The van der Waals surface area contributed by atoms with E-state index in [1.165, 1.54) is 4.88 Å². The van der Waals surface area contributed by atoms with Crippen LogP contribution in [0.2, 0.25) is 0 Å². The molecule has 0 aliphatic carbocycles. The number of likely N-dealkylation sites (N-methyl/N-ethyl adjacent to an activating group) is 1. The second-order valence-corrected chi connectivity index (χ2v) is 8.10. The van der Waals surface area contributed by atoms with E-state index in [4.69, 9.17) is 14.5 Å². The zero-order valence-electron chi connectivity index (χ0n) is 18.9. The summed E-state index contributed by atoms with van der Waals surface area (Å²) in [6, 6.07) is 11.8. The number of benzene rings is 1. The summed E-state index contributed by atoms with van der Waals surface area (Å²) < 4.78 is 13.0. The van der Waals surface area contributed by atoms with Gasteiger partial charge in [0, 0.05) is 25.5 Å². The van der Waals surface area contributed by atoms with Crippen molar-refractivity contribution in [3.63, 3.8) is 0 Å². The predicted octanol–water partition coefficient (Wildman–Crippen LogP) is 3.51. The number of ether oxygens (including phenoxy) is 2. The van der Waals surface area contributed by atoms with Crippen molar-refractivity contribution in [1.29, 1.82) is 0 Å². The van der Waals surface area contributed by atoms with Crippen LogP contribution in [0.5, 0.6) is 11.5 Å². The monoisotopic (exact) mass is 570 g/mol. The molecule has 174 valence electrons. The molecule has 0 radical (unpaired) electrons. The summed E-state index contributed by atoms with van der Waals surface area (Å²) in [6.45, 7) is 4.43. The Labute approximate surface area is 210 Å². The molecule has 0 amide bonds. The Hall–Kier alpha value is -2.34. The fourth-order valence-electron chi connectivity index (χ4n) is 2.88. The van der Waals surface area contributed by atoms with Crippen molar-refractivity contribution in [2.24, 2.45) is 12.0 Å². The second kappa shape index (κ2) is 13.3. The molecule has 3 aromatic rings. The number of methoxy groups -OCH3 is 1. The molecule has 1 N–H and O–H groups in total. The lowest BCUT2D eigenvalue weighted by Crippen LogP contribution is -2.41. The number of nitrogens with one attached hydrogen (secondary N) is 1. The first-order valence-electron chi connectivity index (χ1n) is 10.2. The van der Waals surface area contributed by atoms with Gasteiger partial charge in [-0.1, -0.05) is 6.07 Å². The van der Waals surface area contributed by atoms with E-state index >= 15 is 0 Å². The molecule has 10 heteroatoms. The first-order chi connectivity index (χ1) is 15.1. The van der Waals surface area contributed by atoms with Crippen LogP contribution in [0, 0.1) is 6.92 Å². The van der Waals surface area contributed by atoms with Gasteiger partial charge >= 0.3 is 0 Å². The highest BCUT2D eigenvalue weighted by molar-refractivity contribution is 14.0. The Kier molecular flexibility index (Phi) is 10.7. The third kappa shape index (κ3) is 7.66. The standard InChI is InChI=1S/C22H30N6O2S.HI/c1-17-25-26-21(28(17)3)16-24-22(23-12-11-20-6-5-15-31-20)27(2)13-14-30-19-9-7-18(29-4)8-10-19;/h5-10,15H,11-14,16H2,1-4H3,(H,23,24);1H. The Bertz CT molecular complexity index is 959. The minimum absolute atomic E-state index is 0. The summed E-state index contributed by atoms with van der Waals surface area (Å²) in [5.41, 5.74) is 0. The van der Waals surface area contributed by atoms with E-state index in [-0.39, 0.29) is 24.0 Å². The Balaban J connectivity index is 0.00000363. The largest absolute Gasteiger partial charge is 0.497 e. The van der Waals surface area contributed by atoms with Gasteiger partial charge in [0.15, 0.2) is 11.8 Å². The van der Waals surface area contributed by atoms with Crippen molar-refractivity contribution >= 4 is 41.3 Å². The molecule has 3 rings (SSSR count). The average molecular weight is 571 g/mol. The van der Waals surface area contributed by atoms with Crippen LogP contribution in [0.25, 0.3) is 0 Å². The average Bonchev–Trinajstić information content (AvgIpc) is 3.41. The van der Waals surface area contributed by atoms with Crippen molar-refractivity contribution in [3.8, 4) is 11.5 Å². The van der Waals surface area contributed by atoms with Crippen LogP contribution in [0.3, 0.4) is 0 Å². The van der Waals surface area contributed by atoms with Gasteiger partial charge in [-0.25, -0.2) is 4.99 Å². The number of halogens is 1. The van der Waals surface area contributed by atoms with Crippen molar-refractivity contribution in [2.45, 2.75) is 19.9 Å². The van der Waals surface area contributed by atoms with Gasteiger partial charge in [-0.05, 0) is 49.1 Å². The maximum Gasteiger partial charge on any atom is 0.194 e. The molecule has 0 atom stereocenters. The van der Waals surface area contributed by atoms with Gasteiger partial charge in [0.1, 0.15) is 30.5 Å². The molecule has 0 aliphatic heterocycles. The summed E-state index contributed by atoms with van der Waals surface area (Å²) in [6.07, 6.45) is 0.954. The quantitative estimate of drug-likeness (QED) is 0.229. The summed E-state index contributed by atoms with van der Waals surface area (Å²) in [5, 5.41) is 13.9. The molecule has 0 saturated carbocycles. The minimum Gasteiger partial charge on any atom is -0.497 e. The zero-order valence-corrected chi connectivity index (χ0v) is 22.1. The van der Waals surface area contributed by atoms with Crippen LogP contribution in [0.15, 0.2) is 46.8 Å². The van der Waals surface area contributed by atoms with Crippen LogP contribution in [-0.4, -0.2) is 59.5 Å². The van der Waals surface area contributed by atoms with E-state index in [0.29, 0.717) is 19.7 Å². The van der Waals surface area contributed by atoms with Crippen LogP contribution < -0.4 is 14.8 Å². The number of aromatic nitrogens is 3. The number of hydrogen-bond acceptors (Lipinski definition) is 6. The number of rotatable bonds is 10. The number of hydrogen-bond donors (Lipinski definition) is 1. The third-order valence-corrected chi connectivity index (χ3v) is 5.84. The van der Waals surface area contributed by atoms with Gasteiger partial charge < -0.3 is 24.3 Å². The lowest BCUT2D eigenvalue weighted by atomic mass is 10.3. The molecule has 2 heterocycles. The molecule has 0 spiro atoms. The van der Waals surface area contributed by atoms with E-state index in [9.17, 15) is 0 Å². The van der Waals surface area contributed by atoms with Gasteiger partial charge in [0.2, 0.25) is 0 Å². The highest BCUT2D eigenvalue weighted by Crippen LogP contribution is 2.16. The molecule has 0 saturated heterocycles. The molecule has 0 fully saturated rings.